The van der Waals surface area contributed by atoms with Gasteiger partial charge in [0, 0.05) is 11.4 Å². The number of hydrogen-bond donors (Lipinski definition) is 2. The Balaban J connectivity index is 1.54. The largest absolute Gasteiger partial charge is 0.494 e. The zero-order chi connectivity index (χ0) is 27.1. The summed E-state index contributed by atoms with van der Waals surface area (Å²) in [5.41, 5.74) is 2.20. The number of ether oxygens (including phenoxy) is 1. The standard InChI is InChI=1S/C27H25ClFN5O3S/c1-3-37-20-12-10-19(11-13-20)34-23(15-30-26(36)25-21(28)8-5-9-22(25)29)32-33-27(34)38-16-24(35)31-18-7-4-6-17(2)14-18/h4-14H,3,15-16H2,1-2H3,(H,30,36)(H,31,35). The van der Waals surface area contributed by atoms with Crippen LogP contribution in [0.4, 0.5) is 10.1 Å². The lowest BCUT2D eigenvalue weighted by atomic mass is 10.2. The Bertz CT molecular complexity index is 1420. The van der Waals surface area contributed by atoms with E-state index < -0.39 is 11.7 Å². The smallest absolute Gasteiger partial charge is 0.256 e. The van der Waals surface area contributed by atoms with Gasteiger partial charge in [0.15, 0.2) is 11.0 Å². The van der Waals surface area contributed by atoms with Crippen molar-refractivity contribution in [3.8, 4) is 11.4 Å². The molecule has 1 heterocycles. The third kappa shape index (κ3) is 6.70. The molecule has 0 saturated heterocycles. The van der Waals surface area contributed by atoms with Crippen molar-refractivity contribution in [2.24, 2.45) is 0 Å². The van der Waals surface area contributed by atoms with Crippen LogP contribution in [0.25, 0.3) is 5.69 Å². The fourth-order valence-electron chi connectivity index (χ4n) is 3.64. The highest BCUT2D eigenvalue weighted by molar-refractivity contribution is 7.99. The average Bonchev–Trinajstić information content (AvgIpc) is 3.29. The SMILES string of the molecule is CCOc1ccc(-n2c(CNC(=O)c3c(F)cccc3Cl)nnc2SCC(=O)Nc2cccc(C)c2)cc1. The number of amides is 2. The highest BCUT2D eigenvalue weighted by Crippen LogP contribution is 2.25. The number of aromatic nitrogens is 3. The van der Waals surface area contributed by atoms with E-state index in [1.54, 1.807) is 16.7 Å². The number of benzene rings is 3. The second-order valence-electron chi connectivity index (χ2n) is 8.15. The van der Waals surface area contributed by atoms with E-state index in [4.69, 9.17) is 16.3 Å². The van der Waals surface area contributed by atoms with Crippen LogP contribution in [0.5, 0.6) is 5.75 Å². The Morgan fingerprint density at radius 2 is 1.84 bits per heavy atom. The van der Waals surface area contributed by atoms with Crippen LogP contribution in [0.3, 0.4) is 0 Å². The number of nitrogens with one attached hydrogen (secondary N) is 2. The fourth-order valence-corrected chi connectivity index (χ4v) is 4.66. The molecule has 0 atom stereocenters. The first-order valence-corrected chi connectivity index (χ1v) is 13.1. The first-order chi connectivity index (χ1) is 18.4. The van der Waals surface area contributed by atoms with Crippen LogP contribution >= 0.6 is 23.4 Å². The second kappa shape index (κ2) is 12.6. The fraction of sp³-hybridized carbons (Fsp3) is 0.185. The number of thioether (sulfide) groups is 1. The van der Waals surface area contributed by atoms with Crippen molar-refractivity contribution in [3.63, 3.8) is 0 Å². The first-order valence-electron chi connectivity index (χ1n) is 11.7. The summed E-state index contributed by atoms with van der Waals surface area (Å²) in [6.07, 6.45) is 0. The van der Waals surface area contributed by atoms with Gasteiger partial charge in [-0.2, -0.15) is 0 Å². The van der Waals surface area contributed by atoms with Crippen LogP contribution in [0, 0.1) is 12.7 Å². The second-order valence-corrected chi connectivity index (χ2v) is 9.50. The van der Waals surface area contributed by atoms with Crippen LogP contribution in [0.15, 0.2) is 71.9 Å². The summed E-state index contributed by atoms with van der Waals surface area (Å²) in [6, 6.07) is 18.8. The van der Waals surface area contributed by atoms with Gasteiger partial charge in [-0.25, -0.2) is 4.39 Å². The van der Waals surface area contributed by atoms with E-state index in [-0.39, 0.29) is 28.8 Å². The predicted molar refractivity (Wildman–Crippen MR) is 146 cm³/mol. The quantitative estimate of drug-likeness (QED) is 0.254. The number of carbonyl (C=O) groups is 2. The summed E-state index contributed by atoms with van der Waals surface area (Å²) >= 11 is 7.22. The lowest BCUT2D eigenvalue weighted by Gasteiger charge is -2.12. The molecule has 3 aromatic carbocycles. The monoisotopic (exact) mass is 553 g/mol. The minimum Gasteiger partial charge on any atom is -0.494 e. The van der Waals surface area contributed by atoms with Gasteiger partial charge >= 0.3 is 0 Å². The maximum atomic E-state index is 14.2. The number of aryl methyl sites for hydroxylation is 1. The van der Waals surface area contributed by atoms with Crippen molar-refractivity contribution in [3.05, 3.63) is 94.5 Å². The Hall–Kier alpha value is -3.89. The van der Waals surface area contributed by atoms with Gasteiger partial charge in [0.2, 0.25) is 5.91 Å². The Morgan fingerprint density at radius 1 is 1.08 bits per heavy atom. The molecule has 11 heteroatoms. The number of nitrogens with zero attached hydrogens (tertiary/aromatic N) is 3. The van der Waals surface area contributed by atoms with Gasteiger partial charge in [-0.15, -0.1) is 10.2 Å². The Labute approximate surface area is 228 Å². The molecule has 0 aliphatic heterocycles. The Kier molecular flexibility index (Phi) is 8.98. The van der Waals surface area contributed by atoms with Gasteiger partial charge < -0.3 is 15.4 Å². The number of rotatable bonds is 10. The number of carbonyl (C=O) groups excluding carboxylic acids is 2. The third-order valence-corrected chi connectivity index (χ3v) is 6.58. The van der Waals surface area contributed by atoms with Gasteiger partial charge in [0.1, 0.15) is 11.6 Å². The molecule has 0 fully saturated rings. The number of anilines is 1. The molecule has 4 rings (SSSR count). The molecule has 0 radical (unpaired) electrons. The summed E-state index contributed by atoms with van der Waals surface area (Å²) < 4.78 is 21.5. The normalized spacial score (nSPS) is 10.7. The molecule has 0 saturated carbocycles. The maximum absolute atomic E-state index is 14.2. The van der Waals surface area contributed by atoms with Crippen molar-refractivity contribution >= 4 is 40.9 Å². The molecule has 0 spiro atoms. The Morgan fingerprint density at radius 3 is 2.55 bits per heavy atom. The van der Waals surface area contributed by atoms with Crippen molar-refractivity contribution in [1.29, 1.82) is 0 Å². The van der Waals surface area contributed by atoms with Crippen molar-refractivity contribution in [2.45, 2.75) is 25.5 Å². The first kappa shape index (κ1) is 27.2. The topological polar surface area (TPSA) is 98.1 Å². The number of hydrogen-bond acceptors (Lipinski definition) is 6. The summed E-state index contributed by atoms with van der Waals surface area (Å²) in [6.45, 7) is 4.32. The van der Waals surface area contributed by atoms with E-state index >= 15 is 0 Å². The van der Waals surface area contributed by atoms with E-state index in [9.17, 15) is 14.0 Å². The molecular formula is C27H25ClFN5O3S. The summed E-state index contributed by atoms with van der Waals surface area (Å²) in [4.78, 5) is 25.3. The predicted octanol–water partition coefficient (Wildman–Crippen LogP) is 5.43. The van der Waals surface area contributed by atoms with Crippen molar-refractivity contribution in [1.82, 2.24) is 20.1 Å². The number of halogens is 2. The van der Waals surface area contributed by atoms with Crippen molar-refractivity contribution < 1.29 is 18.7 Å². The zero-order valence-electron chi connectivity index (χ0n) is 20.7. The molecular weight excluding hydrogens is 529 g/mol. The molecule has 196 valence electrons. The van der Waals surface area contributed by atoms with Gasteiger partial charge in [-0.3, -0.25) is 14.2 Å². The maximum Gasteiger partial charge on any atom is 0.256 e. The van der Waals surface area contributed by atoms with Crippen LogP contribution in [-0.2, 0) is 11.3 Å². The zero-order valence-corrected chi connectivity index (χ0v) is 22.3. The van der Waals surface area contributed by atoms with Crippen molar-refractivity contribution in [2.75, 3.05) is 17.7 Å². The molecule has 0 unspecified atom stereocenters. The molecule has 2 amide bonds. The van der Waals surface area contributed by atoms with E-state index in [1.165, 1.54) is 30.0 Å². The molecule has 0 bridgehead atoms. The molecule has 8 nitrogen and oxygen atoms in total. The minimum absolute atomic E-state index is 0.00588. The van der Waals surface area contributed by atoms with Crippen LogP contribution in [-0.4, -0.2) is 38.9 Å². The molecule has 2 N–H and O–H groups in total. The lowest BCUT2D eigenvalue weighted by molar-refractivity contribution is -0.113. The lowest BCUT2D eigenvalue weighted by Crippen LogP contribution is -2.26. The van der Waals surface area contributed by atoms with Gasteiger partial charge in [0.25, 0.3) is 5.91 Å². The van der Waals surface area contributed by atoms with E-state index in [1.807, 2.05) is 50.2 Å². The molecule has 38 heavy (non-hydrogen) atoms. The van der Waals surface area contributed by atoms with Crippen LogP contribution < -0.4 is 15.4 Å². The highest BCUT2D eigenvalue weighted by atomic mass is 35.5. The molecule has 0 aliphatic carbocycles. The summed E-state index contributed by atoms with van der Waals surface area (Å²) in [5, 5.41) is 14.4. The van der Waals surface area contributed by atoms with Crippen LogP contribution in [0.2, 0.25) is 5.02 Å². The molecule has 0 aliphatic rings. The van der Waals surface area contributed by atoms with Gasteiger partial charge in [-0.1, -0.05) is 41.6 Å². The van der Waals surface area contributed by atoms with Gasteiger partial charge in [0.05, 0.1) is 29.5 Å². The van der Waals surface area contributed by atoms with E-state index in [2.05, 4.69) is 20.8 Å². The van der Waals surface area contributed by atoms with Crippen LogP contribution in [0.1, 0.15) is 28.7 Å². The summed E-state index contributed by atoms with van der Waals surface area (Å²) in [5.74, 6) is -0.442. The van der Waals surface area contributed by atoms with E-state index in [0.29, 0.717) is 34.7 Å². The molecule has 1 aromatic heterocycles. The average molecular weight is 554 g/mol. The van der Waals surface area contributed by atoms with E-state index in [0.717, 1.165) is 5.56 Å². The third-order valence-electron chi connectivity index (χ3n) is 5.34. The molecule has 4 aromatic rings. The van der Waals surface area contributed by atoms with Gasteiger partial charge in [-0.05, 0) is 67.9 Å². The highest BCUT2D eigenvalue weighted by Gasteiger charge is 2.20. The minimum atomic E-state index is -0.723. The summed E-state index contributed by atoms with van der Waals surface area (Å²) in [7, 11) is 0.